The Balaban J connectivity index is 2.93. The summed E-state index contributed by atoms with van der Waals surface area (Å²) in [6.07, 6.45) is 1.15. The van der Waals surface area contributed by atoms with E-state index in [2.05, 4.69) is 0 Å². The first-order chi connectivity index (χ1) is 5.72. The van der Waals surface area contributed by atoms with E-state index in [-0.39, 0.29) is 0 Å². The van der Waals surface area contributed by atoms with Crippen LogP contribution >= 0.6 is 11.6 Å². The van der Waals surface area contributed by atoms with E-state index in [9.17, 15) is 4.39 Å². The van der Waals surface area contributed by atoms with Gasteiger partial charge in [-0.3, -0.25) is 0 Å². The largest absolute Gasteiger partial charge is 0.200 e. The SMILES string of the molecule is N#C/C(F)=C\c1ccc(Cl)cc1. The van der Waals surface area contributed by atoms with Gasteiger partial charge in [0, 0.05) is 5.02 Å². The second-order valence-corrected chi connectivity index (χ2v) is 2.59. The number of rotatable bonds is 1. The highest BCUT2D eigenvalue weighted by Gasteiger charge is 1.92. The predicted molar refractivity (Wildman–Crippen MR) is 46.2 cm³/mol. The molecule has 0 heterocycles. The molecule has 12 heavy (non-hydrogen) atoms. The van der Waals surface area contributed by atoms with Crippen molar-refractivity contribution in [1.82, 2.24) is 0 Å². The van der Waals surface area contributed by atoms with Crippen LogP contribution < -0.4 is 0 Å². The normalized spacial score (nSPS) is 10.9. The van der Waals surface area contributed by atoms with Gasteiger partial charge < -0.3 is 0 Å². The third-order valence-electron chi connectivity index (χ3n) is 1.27. The van der Waals surface area contributed by atoms with Gasteiger partial charge in [-0.2, -0.15) is 9.65 Å². The van der Waals surface area contributed by atoms with Crippen molar-refractivity contribution < 1.29 is 4.39 Å². The second-order valence-electron chi connectivity index (χ2n) is 2.16. The summed E-state index contributed by atoms with van der Waals surface area (Å²) in [5, 5.41) is 8.72. The Hall–Kier alpha value is -1.33. The van der Waals surface area contributed by atoms with E-state index < -0.39 is 5.83 Å². The van der Waals surface area contributed by atoms with Gasteiger partial charge in [-0.15, -0.1) is 0 Å². The Morgan fingerprint density at radius 2 is 2.00 bits per heavy atom. The van der Waals surface area contributed by atoms with Crippen molar-refractivity contribution in [3.05, 3.63) is 40.7 Å². The summed E-state index contributed by atoms with van der Waals surface area (Å²) in [4.78, 5) is 0. The van der Waals surface area contributed by atoms with Gasteiger partial charge in [0.2, 0.25) is 5.83 Å². The van der Waals surface area contributed by atoms with Crippen LogP contribution in [0, 0.1) is 11.3 Å². The molecule has 0 aromatic heterocycles. The van der Waals surface area contributed by atoms with Crippen LogP contribution in [-0.4, -0.2) is 0 Å². The minimum atomic E-state index is -0.808. The molecule has 0 spiro atoms. The lowest BCUT2D eigenvalue weighted by molar-refractivity contribution is 0.679. The smallest absolute Gasteiger partial charge is 0.195 e. The lowest BCUT2D eigenvalue weighted by Gasteiger charge is -1.91. The molecule has 1 aromatic carbocycles. The van der Waals surface area contributed by atoms with Crippen molar-refractivity contribution in [1.29, 1.82) is 5.26 Å². The summed E-state index contributed by atoms with van der Waals surface area (Å²) in [7, 11) is 0. The maximum absolute atomic E-state index is 12.4. The van der Waals surface area contributed by atoms with Crippen molar-refractivity contribution in [3.8, 4) is 6.07 Å². The number of hydrogen-bond donors (Lipinski definition) is 0. The van der Waals surface area contributed by atoms with Crippen LogP contribution in [-0.2, 0) is 0 Å². The molecule has 0 saturated heterocycles. The monoisotopic (exact) mass is 181 g/mol. The minimum absolute atomic E-state index is 0.588. The summed E-state index contributed by atoms with van der Waals surface area (Å²) in [5.41, 5.74) is 0.624. The molecular formula is C9H5ClFN. The Kier molecular flexibility index (Phi) is 2.84. The van der Waals surface area contributed by atoms with Crippen molar-refractivity contribution in [2.24, 2.45) is 0 Å². The van der Waals surface area contributed by atoms with Crippen LogP contribution in [0.5, 0.6) is 0 Å². The average Bonchev–Trinajstić information content (AvgIpc) is 2.09. The van der Waals surface area contributed by atoms with Gasteiger partial charge in [0.1, 0.15) is 6.07 Å². The number of allylic oxidation sites excluding steroid dienone is 1. The van der Waals surface area contributed by atoms with Gasteiger partial charge in [-0.25, -0.2) is 0 Å². The third-order valence-corrected chi connectivity index (χ3v) is 1.52. The molecule has 0 radical (unpaired) electrons. The van der Waals surface area contributed by atoms with E-state index in [0.29, 0.717) is 10.6 Å². The molecule has 0 aliphatic heterocycles. The highest BCUT2D eigenvalue weighted by molar-refractivity contribution is 6.30. The fourth-order valence-corrected chi connectivity index (χ4v) is 0.864. The number of nitriles is 1. The molecule has 0 aliphatic carbocycles. The maximum atomic E-state index is 12.4. The molecule has 0 unspecified atom stereocenters. The van der Waals surface area contributed by atoms with Crippen LogP contribution in [0.3, 0.4) is 0 Å². The van der Waals surface area contributed by atoms with Crippen LogP contribution in [0.25, 0.3) is 6.08 Å². The number of hydrogen-bond acceptors (Lipinski definition) is 1. The minimum Gasteiger partial charge on any atom is -0.195 e. The Morgan fingerprint density at radius 3 is 2.50 bits per heavy atom. The second kappa shape index (κ2) is 3.89. The highest BCUT2D eigenvalue weighted by atomic mass is 35.5. The molecule has 60 valence electrons. The summed E-state index contributed by atoms with van der Waals surface area (Å²) < 4.78 is 12.4. The molecule has 0 N–H and O–H groups in total. The lowest BCUT2D eigenvalue weighted by atomic mass is 10.2. The summed E-state index contributed by atoms with van der Waals surface area (Å²) in [6, 6.07) is 7.94. The van der Waals surface area contributed by atoms with E-state index in [4.69, 9.17) is 16.9 Å². The molecule has 1 rings (SSSR count). The van der Waals surface area contributed by atoms with Crippen molar-refractivity contribution >= 4 is 17.7 Å². The van der Waals surface area contributed by atoms with Gasteiger partial charge in [-0.05, 0) is 23.8 Å². The van der Waals surface area contributed by atoms with Crippen LogP contribution in [0.15, 0.2) is 30.1 Å². The fraction of sp³-hybridized carbons (Fsp3) is 0. The van der Waals surface area contributed by atoms with Gasteiger partial charge in [-0.1, -0.05) is 23.7 Å². The molecule has 0 atom stereocenters. The fourth-order valence-electron chi connectivity index (χ4n) is 0.738. The van der Waals surface area contributed by atoms with Gasteiger partial charge in [0.25, 0.3) is 0 Å². The number of benzene rings is 1. The average molecular weight is 182 g/mol. The zero-order chi connectivity index (χ0) is 8.97. The third kappa shape index (κ3) is 2.37. The van der Waals surface area contributed by atoms with Crippen molar-refractivity contribution in [3.63, 3.8) is 0 Å². The molecule has 3 heteroatoms. The van der Waals surface area contributed by atoms with Crippen LogP contribution in [0.1, 0.15) is 5.56 Å². The standard InChI is InChI=1S/C9H5ClFN/c10-8-3-1-7(2-4-8)5-9(11)6-12/h1-5H/b9-5+. The van der Waals surface area contributed by atoms with Crippen molar-refractivity contribution in [2.45, 2.75) is 0 Å². The topological polar surface area (TPSA) is 23.8 Å². The molecule has 0 aliphatic rings. The van der Waals surface area contributed by atoms with E-state index >= 15 is 0 Å². The highest BCUT2D eigenvalue weighted by Crippen LogP contribution is 2.12. The number of nitrogens with zero attached hydrogens (tertiary/aromatic N) is 1. The van der Waals surface area contributed by atoms with E-state index in [1.54, 1.807) is 24.3 Å². The Labute approximate surface area is 74.7 Å². The first-order valence-corrected chi connectivity index (χ1v) is 3.63. The first kappa shape index (κ1) is 8.76. The Bertz CT molecular complexity index is 335. The quantitative estimate of drug-likeness (QED) is 0.611. The van der Waals surface area contributed by atoms with Crippen LogP contribution in [0.4, 0.5) is 4.39 Å². The maximum Gasteiger partial charge on any atom is 0.200 e. The molecular weight excluding hydrogens is 177 g/mol. The Morgan fingerprint density at radius 1 is 1.42 bits per heavy atom. The molecule has 0 fully saturated rings. The van der Waals surface area contributed by atoms with Gasteiger partial charge in [0.05, 0.1) is 0 Å². The zero-order valence-corrected chi connectivity index (χ0v) is 6.85. The molecule has 0 saturated carbocycles. The molecule has 1 nitrogen and oxygen atoms in total. The summed E-state index contributed by atoms with van der Waals surface area (Å²) >= 11 is 5.60. The van der Waals surface area contributed by atoms with Crippen LogP contribution in [0.2, 0.25) is 5.02 Å². The van der Waals surface area contributed by atoms with Gasteiger partial charge >= 0.3 is 0 Å². The van der Waals surface area contributed by atoms with E-state index in [1.807, 2.05) is 0 Å². The van der Waals surface area contributed by atoms with E-state index in [0.717, 1.165) is 6.08 Å². The molecule has 1 aromatic rings. The van der Waals surface area contributed by atoms with E-state index in [1.165, 1.54) is 6.07 Å². The summed E-state index contributed by atoms with van der Waals surface area (Å²) in [5.74, 6) is -0.808. The molecule has 0 bridgehead atoms. The lowest BCUT2D eigenvalue weighted by Crippen LogP contribution is -1.72. The zero-order valence-electron chi connectivity index (χ0n) is 6.09. The van der Waals surface area contributed by atoms with Crippen molar-refractivity contribution in [2.75, 3.05) is 0 Å². The number of halogens is 2. The first-order valence-electron chi connectivity index (χ1n) is 3.25. The van der Waals surface area contributed by atoms with Gasteiger partial charge in [0.15, 0.2) is 0 Å². The predicted octanol–water partition coefficient (Wildman–Crippen LogP) is 3.17. The molecule has 0 amide bonds. The summed E-state index contributed by atoms with van der Waals surface area (Å²) in [6.45, 7) is 0.